The van der Waals surface area contributed by atoms with E-state index < -0.39 is 18.0 Å². The molecule has 0 spiro atoms. The van der Waals surface area contributed by atoms with Crippen molar-refractivity contribution in [2.45, 2.75) is 25.4 Å². The number of hydrogen-bond donors (Lipinski definition) is 1. The quantitative estimate of drug-likeness (QED) is 0.621. The second kappa shape index (κ2) is 6.41. The third-order valence-corrected chi connectivity index (χ3v) is 5.75. The summed E-state index contributed by atoms with van der Waals surface area (Å²) in [4.78, 5) is 12.4. The van der Waals surface area contributed by atoms with E-state index >= 15 is 0 Å². The number of benzene rings is 2. The third-order valence-electron chi connectivity index (χ3n) is 5.75. The summed E-state index contributed by atoms with van der Waals surface area (Å²) < 4.78 is 39.3. The molecular formula is C20H19F3N2O. The van der Waals surface area contributed by atoms with Gasteiger partial charge in [0.2, 0.25) is 0 Å². The van der Waals surface area contributed by atoms with E-state index in [1.54, 1.807) is 12.1 Å². The normalized spacial score (nSPS) is 28.1. The first kappa shape index (κ1) is 17.1. The molecule has 2 bridgehead atoms. The molecule has 2 fully saturated rings. The minimum Gasteiger partial charge on any atom is -0.267 e. The van der Waals surface area contributed by atoms with Crippen LogP contribution in [-0.2, 0) is 0 Å². The zero-order valence-electron chi connectivity index (χ0n) is 14.0. The molecule has 4 unspecified atom stereocenters. The highest BCUT2D eigenvalue weighted by atomic mass is 19.4. The second-order valence-corrected chi connectivity index (χ2v) is 7.29. The van der Waals surface area contributed by atoms with Crippen LogP contribution in [0.5, 0.6) is 0 Å². The number of halogens is 3. The maximum Gasteiger partial charge on any atom is 0.392 e. The number of alkyl halides is 3. The van der Waals surface area contributed by atoms with Gasteiger partial charge in [-0.25, -0.2) is 5.43 Å². The van der Waals surface area contributed by atoms with Crippen molar-refractivity contribution in [2.24, 2.45) is 28.8 Å². The molecule has 1 N–H and O–H groups in total. The Morgan fingerprint density at radius 1 is 1.08 bits per heavy atom. The van der Waals surface area contributed by atoms with Gasteiger partial charge in [-0.15, -0.1) is 0 Å². The largest absolute Gasteiger partial charge is 0.392 e. The fourth-order valence-electron chi connectivity index (χ4n) is 4.63. The van der Waals surface area contributed by atoms with Crippen LogP contribution in [0.4, 0.5) is 13.2 Å². The van der Waals surface area contributed by atoms with E-state index in [0.717, 1.165) is 17.2 Å². The van der Waals surface area contributed by atoms with E-state index in [1.165, 1.54) is 6.21 Å². The van der Waals surface area contributed by atoms with Crippen LogP contribution in [0.3, 0.4) is 0 Å². The van der Waals surface area contributed by atoms with Crippen LogP contribution in [0.15, 0.2) is 47.6 Å². The molecule has 2 aromatic rings. The van der Waals surface area contributed by atoms with Gasteiger partial charge in [0.05, 0.1) is 5.92 Å². The molecule has 2 aromatic carbocycles. The van der Waals surface area contributed by atoms with Gasteiger partial charge in [-0.2, -0.15) is 18.3 Å². The topological polar surface area (TPSA) is 41.5 Å². The van der Waals surface area contributed by atoms with Crippen molar-refractivity contribution in [1.29, 1.82) is 0 Å². The average Bonchev–Trinajstić information content (AvgIpc) is 3.21. The predicted octanol–water partition coefficient (Wildman–Crippen LogP) is 4.78. The lowest BCUT2D eigenvalue weighted by Crippen LogP contribution is -2.33. The maximum absolute atomic E-state index is 13.1. The van der Waals surface area contributed by atoms with Crippen LogP contribution in [0.25, 0.3) is 10.8 Å². The number of nitrogens with one attached hydrogen (secondary N) is 1. The predicted molar refractivity (Wildman–Crippen MR) is 93.8 cm³/mol. The number of nitrogens with zero attached hydrogens (tertiary/aromatic N) is 1. The van der Waals surface area contributed by atoms with Crippen LogP contribution in [0.2, 0.25) is 0 Å². The van der Waals surface area contributed by atoms with Gasteiger partial charge in [0.25, 0.3) is 5.91 Å². The highest BCUT2D eigenvalue weighted by molar-refractivity contribution is 6.07. The fourth-order valence-corrected chi connectivity index (χ4v) is 4.63. The lowest BCUT2D eigenvalue weighted by atomic mass is 9.81. The molecule has 4 atom stereocenters. The molecule has 0 aromatic heterocycles. The lowest BCUT2D eigenvalue weighted by molar-refractivity contribution is -0.189. The zero-order chi connectivity index (χ0) is 18.3. The van der Waals surface area contributed by atoms with Crippen molar-refractivity contribution in [1.82, 2.24) is 5.43 Å². The van der Waals surface area contributed by atoms with Gasteiger partial charge in [0, 0.05) is 11.8 Å². The van der Waals surface area contributed by atoms with Crippen molar-refractivity contribution >= 4 is 22.9 Å². The molecule has 0 radical (unpaired) electrons. The summed E-state index contributed by atoms with van der Waals surface area (Å²) in [5.74, 6) is -2.08. The summed E-state index contributed by atoms with van der Waals surface area (Å²) >= 11 is 0. The molecule has 4 rings (SSSR count). The Bertz CT molecular complexity index is 856. The number of hydrogen-bond acceptors (Lipinski definition) is 2. The molecule has 2 saturated carbocycles. The molecular weight excluding hydrogens is 341 g/mol. The van der Waals surface area contributed by atoms with Crippen LogP contribution < -0.4 is 5.43 Å². The molecule has 0 aliphatic heterocycles. The van der Waals surface area contributed by atoms with Gasteiger partial charge in [-0.05, 0) is 53.9 Å². The summed E-state index contributed by atoms with van der Waals surface area (Å²) in [5.41, 5.74) is 2.98. The van der Waals surface area contributed by atoms with Gasteiger partial charge in [0.15, 0.2) is 0 Å². The zero-order valence-corrected chi connectivity index (χ0v) is 14.0. The van der Waals surface area contributed by atoms with Gasteiger partial charge >= 0.3 is 6.18 Å². The molecule has 26 heavy (non-hydrogen) atoms. The van der Waals surface area contributed by atoms with Crippen LogP contribution >= 0.6 is 0 Å². The van der Waals surface area contributed by atoms with Crippen LogP contribution in [-0.4, -0.2) is 18.3 Å². The highest BCUT2D eigenvalue weighted by Crippen LogP contribution is 2.56. The molecule has 1 amide bonds. The van der Waals surface area contributed by atoms with E-state index in [-0.39, 0.29) is 24.2 Å². The Balaban J connectivity index is 1.45. The monoisotopic (exact) mass is 360 g/mol. The minimum atomic E-state index is -4.14. The first-order valence-corrected chi connectivity index (χ1v) is 8.81. The standard InChI is InChI=1S/C20H19F3N2O/c21-20(22,23)18-10-12-8-14(17(18)9-12)11-24-25-19(26)16-7-3-5-13-4-1-2-6-15(13)16/h1-7,11-12,14,17-18H,8-10H2,(H,25,26)/b24-11+. The van der Waals surface area contributed by atoms with Crippen molar-refractivity contribution in [2.75, 3.05) is 0 Å². The highest BCUT2D eigenvalue weighted by Gasteiger charge is 2.56. The van der Waals surface area contributed by atoms with Crippen molar-refractivity contribution in [3.8, 4) is 0 Å². The van der Waals surface area contributed by atoms with Crippen molar-refractivity contribution < 1.29 is 18.0 Å². The van der Waals surface area contributed by atoms with Gasteiger partial charge in [-0.1, -0.05) is 36.4 Å². The number of hydrazone groups is 1. The average molecular weight is 360 g/mol. The molecule has 136 valence electrons. The van der Waals surface area contributed by atoms with Gasteiger partial charge < -0.3 is 0 Å². The Kier molecular flexibility index (Phi) is 4.21. The first-order chi connectivity index (χ1) is 12.4. The SMILES string of the molecule is O=C(N/N=C/C1CC2CC1C(C(F)(F)F)C2)c1cccc2ccccc12. The molecule has 2 aliphatic rings. The molecule has 3 nitrogen and oxygen atoms in total. The van der Waals surface area contributed by atoms with Crippen LogP contribution in [0.1, 0.15) is 29.6 Å². The van der Waals surface area contributed by atoms with Crippen molar-refractivity contribution in [3.05, 3.63) is 48.0 Å². The Hall–Kier alpha value is -2.37. The summed E-state index contributed by atoms with van der Waals surface area (Å²) in [5, 5.41) is 5.75. The summed E-state index contributed by atoms with van der Waals surface area (Å²) in [6.45, 7) is 0. The molecule has 2 aliphatic carbocycles. The van der Waals surface area contributed by atoms with Crippen molar-refractivity contribution in [3.63, 3.8) is 0 Å². The molecule has 0 heterocycles. The fraction of sp³-hybridized carbons (Fsp3) is 0.400. The Morgan fingerprint density at radius 3 is 2.62 bits per heavy atom. The summed E-state index contributed by atoms with van der Waals surface area (Å²) in [6, 6.07) is 13.0. The lowest BCUT2D eigenvalue weighted by Gasteiger charge is -2.28. The maximum atomic E-state index is 13.1. The third kappa shape index (κ3) is 3.08. The van der Waals surface area contributed by atoms with Gasteiger partial charge in [0.1, 0.15) is 0 Å². The van der Waals surface area contributed by atoms with E-state index in [1.807, 2.05) is 30.3 Å². The summed E-state index contributed by atoms with van der Waals surface area (Å²) in [6.07, 6.45) is -1.06. The Morgan fingerprint density at radius 2 is 1.85 bits per heavy atom. The number of fused-ring (bicyclic) bond motifs is 3. The molecule has 0 saturated heterocycles. The molecule has 6 heteroatoms. The Labute approximate surface area is 149 Å². The second-order valence-electron chi connectivity index (χ2n) is 7.29. The van der Waals surface area contributed by atoms with E-state index in [0.29, 0.717) is 12.0 Å². The number of carbonyl (C=O) groups is 1. The summed E-state index contributed by atoms with van der Waals surface area (Å²) in [7, 11) is 0. The smallest absolute Gasteiger partial charge is 0.267 e. The number of carbonyl (C=O) groups excluding carboxylic acids is 1. The van der Waals surface area contributed by atoms with Crippen LogP contribution in [0, 0.1) is 23.7 Å². The number of amides is 1. The van der Waals surface area contributed by atoms with Gasteiger partial charge in [-0.3, -0.25) is 4.79 Å². The van der Waals surface area contributed by atoms with E-state index in [9.17, 15) is 18.0 Å². The first-order valence-electron chi connectivity index (χ1n) is 8.81. The minimum absolute atomic E-state index is 0.122. The number of rotatable bonds is 3. The van der Waals surface area contributed by atoms with E-state index in [2.05, 4.69) is 10.5 Å². The van der Waals surface area contributed by atoms with E-state index in [4.69, 9.17) is 0 Å².